The summed E-state index contributed by atoms with van der Waals surface area (Å²) in [5.74, 6) is -0.0812. The van der Waals surface area contributed by atoms with Gasteiger partial charge in [0.15, 0.2) is 0 Å². The summed E-state index contributed by atoms with van der Waals surface area (Å²) in [6.07, 6.45) is 5.86. The van der Waals surface area contributed by atoms with E-state index in [2.05, 4.69) is 24.1 Å². The van der Waals surface area contributed by atoms with Crippen LogP contribution in [0.15, 0.2) is 18.3 Å². The molecule has 1 heterocycles. The lowest BCUT2D eigenvalue weighted by Gasteiger charge is -2.34. The van der Waals surface area contributed by atoms with Crippen molar-refractivity contribution in [2.45, 2.75) is 45.6 Å². The molecule has 1 N–H and O–H groups in total. The van der Waals surface area contributed by atoms with E-state index in [0.717, 1.165) is 25.7 Å². The standard InChI is InChI=1S/C13H19N3O2/c1-13(2)7-5-10(6-8-13)15-11-4-3-9-14-12(11)16(17)18/h3-4,9-10,15H,5-8H2,1-2H3. The lowest BCUT2D eigenvalue weighted by atomic mass is 9.75. The molecule has 1 aromatic rings. The largest absolute Gasteiger partial charge is 0.386 e. The Labute approximate surface area is 107 Å². The first kappa shape index (κ1) is 12.8. The van der Waals surface area contributed by atoms with E-state index in [9.17, 15) is 10.1 Å². The van der Waals surface area contributed by atoms with Crippen LogP contribution < -0.4 is 5.32 Å². The molecule has 0 saturated heterocycles. The molecule has 1 aliphatic rings. The maximum Gasteiger partial charge on any atom is 0.386 e. The first-order valence-electron chi connectivity index (χ1n) is 6.34. The molecule has 0 radical (unpaired) electrons. The van der Waals surface area contributed by atoms with Crippen LogP contribution in [0.25, 0.3) is 0 Å². The van der Waals surface area contributed by atoms with Crippen LogP contribution in [0.2, 0.25) is 0 Å². The summed E-state index contributed by atoms with van der Waals surface area (Å²) in [5.41, 5.74) is 0.936. The lowest BCUT2D eigenvalue weighted by molar-refractivity contribution is -0.388. The zero-order chi connectivity index (χ0) is 13.2. The van der Waals surface area contributed by atoms with Crippen molar-refractivity contribution in [3.8, 4) is 0 Å². The Balaban J connectivity index is 2.04. The molecule has 98 valence electrons. The Morgan fingerprint density at radius 3 is 2.72 bits per heavy atom. The van der Waals surface area contributed by atoms with Crippen molar-refractivity contribution in [3.05, 3.63) is 28.4 Å². The highest BCUT2D eigenvalue weighted by molar-refractivity contribution is 5.57. The van der Waals surface area contributed by atoms with E-state index in [1.54, 1.807) is 12.1 Å². The number of anilines is 1. The fraction of sp³-hybridized carbons (Fsp3) is 0.615. The molecule has 5 heteroatoms. The fourth-order valence-corrected chi connectivity index (χ4v) is 2.42. The summed E-state index contributed by atoms with van der Waals surface area (Å²) in [7, 11) is 0. The van der Waals surface area contributed by atoms with Crippen LogP contribution in [0.1, 0.15) is 39.5 Å². The quantitative estimate of drug-likeness (QED) is 0.658. The predicted molar refractivity (Wildman–Crippen MR) is 70.6 cm³/mol. The predicted octanol–water partition coefficient (Wildman–Crippen LogP) is 3.37. The zero-order valence-electron chi connectivity index (χ0n) is 10.8. The van der Waals surface area contributed by atoms with E-state index < -0.39 is 4.92 Å². The Kier molecular flexibility index (Phi) is 3.50. The van der Waals surface area contributed by atoms with Gasteiger partial charge in [0, 0.05) is 6.04 Å². The fourth-order valence-electron chi connectivity index (χ4n) is 2.42. The molecule has 18 heavy (non-hydrogen) atoms. The summed E-state index contributed by atoms with van der Waals surface area (Å²) in [5, 5.41) is 14.1. The van der Waals surface area contributed by atoms with Crippen molar-refractivity contribution >= 4 is 11.5 Å². The third-order valence-electron chi connectivity index (χ3n) is 3.66. The highest BCUT2D eigenvalue weighted by atomic mass is 16.6. The molecule has 0 unspecified atom stereocenters. The lowest BCUT2D eigenvalue weighted by Crippen LogP contribution is -2.30. The molecule has 0 spiro atoms. The average Bonchev–Trinajstić information content (AvgIpc) is 2.32. The van der Waals surface area contributed by atoms with Gasteiger partial charge in [-0.1, -0.05) is 13.8 Å². The Hall–Kier alpha value is -1.65. The summed E-state index contributed by atoms with van der Waals surface area (Å²) in [6.45, 7) is 4.55. The molecule has 0 aromatic carbocycles. The number of rotatable bonds is 3. The molecule has 0 bridgehead atoms. The van der Waals surface area contributed by atoms with Gasteiger partial charge in [0.25, 0.3) is 0 Å². The summed E-state index contributed by atoms with van der Waals surface area (Å²) >= 11 is 0. The van der Waals surface area contributed by atoms with Gasteiger partial charge in [-0.15, -0.1) is 0 Å². The van der Waals surface area contributed by atoms with E-state index in [1.165, 1.54) is 6.20 Å². The molecule has 5 nitrogen and oxygen atoms in total. The van der Waals surface area contributed by atoms with Crippen LogP contribution in [0.5, 0.6) is 0 Å². The number of hydrogen-bond acceptors (Lipinski definition) is 4. The second kappa shape index (κ2) is 4.92. The maximum absolute atomic E-state index is 10.9. The van der Waals surface area contributed by atoms with Crippen LogP contribution >= 0.6 is 0 Å². The molecule has 0 amide bonds. The van der Waals surface area contributed by atoms with E-state index >= 15 is 0 Å². The van der Waals surface area contributed by atoms with Gasteiger partial charge in [-0.05, 0) is 53.1 Å². The summed E-state index contributed by atoms with van der Waals surface area (Å²) in [6, 6.07) is 3.77. The van der Waals surface area contributed by atoms with Crippen LogP contribution in [-0.4, -0.2) is 15.9 Å². The van der Waals surface area contributed by atoms with E-state index in [0.29, 0.717) is 17.1 Å². The van der Waals surface area contributed by atoms with Crippen molar-refractivity contribution in [1.29, 1.82) is 0 Å². The summed E-state index contributed by atoms with van der Waals surface area (Å²) < 4.78 is 0. The topological polar surface area (TPSA) is 68.1 Å². The van der Waals surface area contributed by atoms with Crippen molar-refractivity contribution in [2.24, 2.45) is 5.41 Å². The molecule has 1 aromatic heterocycles. The monoisotopic (exact) mass is 249 g/mol. The van der Waals surface area contributed by atoms with Crippen LogP contribution in [0.4, 0.5) is 11.5 Å². The third-order valence-corrected chi connectivity index (χ3v) is 3.66. The van der Waals surface area contributed by atoms with Crippen molar-refractivity contribution in [2.75, 3.05) is 5.32 Å². The first-order chi connectivity index (χ1) is 8.48. The molecule has 2 rings (SSSR count). The molecular formula is C13H19N3O2. The molecule has 1 fully saturated rings. The Morgan fingerprint density at radius 2 is 2.11 bits per heavy atom. The molecular weight excluding hydrogens is 230 g/mol. The van der Waals surface area contributed by atoms with Gasteiger partial charge in [-0.2, -0.15) is 0 Å². The SMILES string of the molecule is CC1(C)CCC(Nc2cccnc2[N+](=O)[O-])CC1. The normalized spacial score (nSPS) is 19.4. The molecule has 1 saturated carbocycles. The Bertz CT molecular complexity index is 436. The number of pyridine rings is 1. The molecule has 0 aliphatic heterocycles. The first-order valence-corrected chi connectivity index (χ1v) is 6.34. The van der Waals surface area contributed by atoms with Gasteiger partial charge in [0.1, 0.15) is 11.9 Å². The Morgan fingerprint density at radius 1 is 1.44 bits per heavy atom. The van der Waals surface area contributed by atoms with Gasteiger partial charge < -0.3 is 15.4 Å². The van der Waals surface area contributed by atoms with Gasteiger partial charge in [-0.25, -0.2) is 0 Å². The van der Waals surface area contributed by atoms with Crippen LogP contribution in [0.3, 0.4) is 0 Å². The average molecular weight is 249 g/mol. The third kappa shape index (κ3) is 2.97. The summed E-state index contributed by atoms with van der Waals surface area (Å²) in [4.78, 5) is 14.2. The number of nitrogens with zero attached hydrogens (tertiary/aromatic N) is 2. The number of nitro groups is 1. The second-order valence-electron chi connectivity index (χ2n) is 5.71. The molecule has 0 atom stereocenters. The van der Waals surface area contributed by atoms with Crippen molar-refractivity contribution in [3.63, 3.8) is 0 Å². The smallest absolute Gasteiger partial charge is 0.375 e. The van der Waals surface area contributed by atoms with Crippen molar-refractivity contribution < 1.29 is 4.92 Å². The van der Waals surface area contributed by atoms with Gasteiger partial charge in [0.05, 0.1) is 0 Å². The maximum atomic E-state index is 10.9. The molecule has 1 aliphatic carbocycles. The van der Waals surface area contributed by atoms with Gasteiger partial charge in [0.2, 0.25) is 0 Å². The van der Waals surface area contributed by atoms with E-state index in [1.807, 2.05) is 0 Å². The van der Waals surface area contributed by atoms with Crippen LogP contribution in [-0.2, 0) is 0 Å². The number of aromatic nitrogens is 1. The number of nitrogens with one attached hydrogen (secondary N) is 1. The van der Waals surface area contributed by atoms with Crippen LogP contribution in [0, 0.1) is 15.5 Å². The highest BCUT2D eigenvalue weighted by Crippen LogP contribution is 2.36. The van der Waals surface area contributed by atoms with Crippen molar-refractivity contribution in [1.82, 2.24) is 4.98 Å². The minimum Gasteiger partial charge on any atom is -0.375 e. The highest BCUT2D eigenvalue weighted by Gasteiger charge is 2.28. The zero-order valence-corrected chi connectivity index (χ0v) is 10.8. The second-order valence-corrected chi connectivity index (χ2v) is 5.71. The number of hydrogen-bond donors (Lipinski definition) is 1. The van der Waals surface area contributed by atoms with E-state index in [-0.39, 0.29) is 5.82 Å². The van der Waals surface area contributed by atoms with E-state index in [4.69, 9.17) is 0 Å². The van der Waals surface area contributed by atoms with Gasteiger partial charge >= 0.3 is 5.82 Å². The van der Waals surface area contributed by atoms with Gasteiger partial charge in [-0.3, -0.25) is 0 Å². The minimum atomic E-state index is -0.435. The minimum absolute atomic E-state index is 0.0812.